The Morgan fingerprint density at radius 3 is 2.30 bits per heavy atom. The molecule has 0 saturated heterocycles. The molecule has 1 N–H and O–H groups in total. The molecule has 0 unspecified atom stereocenters. The summed E-state index contributed by atoms with van der Waals surface area (Å²) in [5.74, 6) is -0.177. The van der Waals surface area contributed by atoms with Crippen molar-refractivity contribution in [2.45, 2.75) is 25.9 Å². The molecule has 3 aromatic rings. The number of fused-ring (bicyclic) bond motifs is 1. The van der Waals surface area contributed by atoms with Gasteiger partial charge in [0.2, 0.25) is 28.6 Å². The van der Waals surface area contributed by atoms with Gasteiger partial charge in [-0.05, 0) is 36.8 Å². The van der Waals surface area contributed by atoms with E-state index in [1.807, 2.05) is 30.3 Å². The summed E-state index contributed by atoms with van der Waals surface area (Å²) < 4.78 is 37.5. The molecule has 2 amide bonds. The molecule has 0 aromatic heterocycles. The zero-order valence-electron chi connectivity index (χ0n) is 22.0. The number of rotatable bonds is 11. The fourth-order valence-corrected chi connectivity index (χ4v) is 5.71. The number of nitrogens with one attached hydrogen (secondary N) is 1. The van der Waals surface area contributed by atoms with Crippen LogP contribution in [0.4, 0.5) is 5.69 Å². The molecule has 0 spiro atoms. The SMILES string of the molecule is CCNC(=O)[C@H](Cc1ccccc1)N(Cc1c(Cl)cccc1Cl)C(=O)CN(c1ccc2c(c1)OCO2)S(C)(=O)=O. The third-order valence-corrected chi connectivity index (χ3v) is 8.18. The van der Waals surface area contributed by atoms with Crippen LogP contribution in [0.1, 0.15) is 18.1 Å². The van der Waals surface area contributed by atoms with Crippen molar-refractivity contribution in [3.63, 3.8) is 0 Å². The minimum Gasteiger partial charge on any atom is -0.454 e. The van der Waals surface area contributed by atoms with Crippen molar-refractivity contribution in [2.75, 3.05) is 30.4 Å². The second-order valence-corrected chi connectivity index (χ2v) is 11.9. The van der Waals surface area contributed by atoms with Crippen LogP contribution in [0.3, 0.4) is 0 Å². The molecule has 40 heavy (non-hydrogen) atoms. The van der Waals surface area contributed by atoms with Crippen LogP contribution in [0.2, 0.25) is 10.0 Å². The summed E-state index contributed by atoms with van der Waals surface area (Å²) in [5, 5.41) is 3.43. The zero-order chi connectivity index (χ0) is 28.9. The first-order valence-corrected chi connectivity index (χ1v) is 15.1. The van der Waals surface area contributed by atoms with Gasteiger partial charge in [-0.25, -0.2) is 8.42 Å². The van der Waals surface area contributed by atoms with Gasteiger partial charge in [-0.1, -0.05) is 59.6 Å². The molecule has 9 nitrogen and oxygen atoms in total. The van der Waals surface area contributed by atoms with E-state index in [1.54, 1.807) is 31.2 Å². The standard InChI is InChI=1S/C28H29Cl2N3O6S/c1-3-31-28(35)24(14-19-8-5-4-6-9-19)32(16-21-22(29)10-7-11-23(21)30)27(34)17-33(40(2,36)37)20-12-13-25-26(15-20)39-18-38-25/h4-13,15,24H,3,14,16-18H2,1-2H3,(H,31,35)/t24-/m0/s1. The summed E-state index contributed by atoms with van der Waals surface area (Å²) in [6.07, 6.45) is 1.19. The third kappa shape index (κ3) is 6.99. The molecule has 0 saturated carbocycles. The second kappa shape index (κ2) is 12.8. The maximum absolute atomic E-state index is 14.1. The van der Waals surface area contributed by atoms with Crippen LogP contribution >= 0.6 is 23.2 Å². The number of nitrogens with zero attached hydrogens (tertiary/aromatic N) is 2. The maximum atomic E-state index is 14.1. The predicted molar refractivity (Wildman–Crippen MR) is 154 cm³/mol. The quantitative estimate of drug-likeness (QED) is 0.350. The van der Waals surface area contributed by atoms with Crippen molar-refractivity contribution in [1.29, 1.82) is 0 Å². The number of anilines is 1. The number of likely N-dealkylation sites (N-methyl/N-ethyl adjacent to an activating group) is 1. The Morgan fingerprint density at radius 1 is 0.975 bits per heavy atom. The lowest BCUT2D eigenvalue weighted by Gasteiger charge is -2.33. The summed E-state index contributed by atoms with van der Waals surface area (Å²) in [6.45, 7) is 1.43. The topological polar surface area (TPSA) is 105 Å². The van der Waals surface area contributed by atoms with Gasteiger partial charge in [-0.3, -0.25) is 13.9 Å². The lowest BCUT2D eigenvalue weighted by atomic mass is 10.0. The van der Waals surface area contributed by atoms with Crippen LogP contribution < -0.4 is 19.1 Å². The smallest absolute Gasteiger partial charge is 0.244 e. The second-order valence-electron chi connectivity index (χ2n) is 9.13. The van der Waals surface area contributed by atoms with E-state index in [0.717, 1.165) is 16.1 Å². The summed E-state index contributed by atoms with van der Waals surface area (Å²) in [7, 11) is -3.93. The molecule has 1 aliphatic rings. The van der Waals surface area contributed by atoms with E-state index >= 15 is 0 Å². The molecule has 0 aliphatic carbocycles. The molecule has 1 heterocycles. The van der Waals surface area contributed by atoms with Crippen molar-refractivity contribution in [1.82, 2.24) is 10.2 Å². The van der Waals surface area contributed by atoms with Crippen molar-refractivity contribution in [2.24, 2.45) is 0 Å². The first kappa shape index (κ1) is 29.5. The minimum absolute atomic E-state index is 0.0106. The van der Waals surface area contributed by atoms with E-state index in [9.17, 15) is 18.0 Å². The van der Waals surface area contributed by atoms with Crippen molar-refractivity contribution >= 4 is 50.7 Å². The Morgan fingerprint density at radius 2 is 1.65 bits per heavy atom. The van der Waals surface area contributed by atoms with Crippen LogP contribution in [0.5, 0.6) is 11.5 Å². The van der Waals surface area contributed by atoms with E-state index < -0.39 is 34.4 Å². The predicted octanol–water partition coefficient (Wildman–Crippen LogP) is 4.26. The minimum atomic E-state index is -3.93. The molecule has 0 radical (unpaired) electrons. The number of amides is 2. The van der Waals surface area contributed by atoms with Crippen molar-refractivity contribution in [3.05, 3.63) is 87.9 Å². The van der Waals surface area contributed by atoms with Gasteiger partial charge in [-0.15, -0.1) is 0 Å². The Hall–Kier alpha value is -3.47. The highest BCUT2D eigenvalue weighted by Crippen LogP contribution is 2.36. The highest BCUT2D eigenvalue weighted by molar-refractivity contribution is 7.92. The molecule has 12 heteroatoms. The van der Waals surface area contributed by atoms with Gasteiger partial charge in [0.25, 0.3) is 0 Å². The Kier molecular flexibility index (Phi) is 9.44. The summed E-state index contributed by atoms with van der Waals surface area (Å²) in [5.41, 5.74) is 1.47. The van der Waals surface area contributed by atoms with Crippen molar-refractivity contribution in [3.8, 4) is 11.5 Å². The van der Waals surface area contributed by atoms with E-state index in [4.69, 9.17) is 32.7 Å². The number of ether oxygens (including phenoxy) is 2. The first-order valence-electron chi connectivity index (χ1n) is 12.5. The zero-order valence-corrected chi connectivity index (χ0v) is 24.3. The van der Waals surface area contributed by atoms with Gasteiger partial charge < -0.3 is 19.7 Å². The number of carbonyl (C=O) groups is 2. The van der Waals surface area contributed by atoms with E-state index in [2.05, 4.69) is 5.32 Å². The molecule has 4 rings (SSSR count). The fraction of sp³-hybridized carbons (Fsp3) is 0.286. The lowest BCUT2D eigenvalue weighted by molar-refractivity contribution is -0.140. The number of sulfonamides is 1. The van der Waals surface area contributed by atoms with E-state index in [0.29, 0.717) is 33.7 Å². The summed E-state index contributed by atoms with van der Waals surface area (Å²) in [6, 6.07) is 17.8. The van der Waals surface area contributed by atoms with Crippen LogP contribution in [-0.4, -0.2) is 57.3 Å². The van der Waals surface area contributed by atoms with Crippen LogP contribution in [0.25, 0.3) is 0 Å². The Balaban J connectivity index is 1.75. The lowest BCUT2D eigenvalue weighted by Crippen LogP contribution is -2.53. The molecule has 0 fully saturated rings. The average Bonchev–Trinajstić information content (AvgIpc) is 3.38. The fourth-order valence-electron chi connectivity index (χ4n) is 4.35. The largest absolute Gasteiger partial charge is 0.454 e. The van der Waals surface area contributed by atoms with E-state index in [-0.39, 0.29) is 25.4 Å². The normalized spacial score (nSPS) is 13.0. The number of halogens is 2. The van der Waals surface area contributed by atoms with Gasteiger partial charge in [0.15, 0.2) is 11.5 Å². The Bertz CT molecular complexity index is 1470. The molecular weight excluding hydrogens is 577 g/mol. The van der Waals surface area contributed by atoms with Crippen molar-refractivity contribution < 1.29 is 27.5 Å². The highest BCUT2D eigenvalue weighted by atomic mass is 35.5. The molecule has 0 bridgehead atoms. The molecule has 212 valence electrons. The van der Waals surface area contributed by atoms with Gasteiger partial charge in [0.05, 0.1) is 11.9 Å². The number of hydrogen-bond acceptors (Lipinski definition) is 6. The van der Waals surface area contributed by atoms with E-state index in [1.165, 1.54) is 17.0 Å². The van der Waals surface area contributed by atoms with Crippen LogP contribution in [0.15, 0.2) is 66.7 Å². The maximum Gasteiger partial charge on any atom is 0.244 e. The molecule has 1 atom stereocenters. The van der Waals surface area contributed by atoms with Crippen LogP contribution in [-0.2, 0) is 32.6 Å². The summed E-state index contributed by atoms with van der Waals surface area (Å²) in [4.78, 5) is 28.8. The molecular formula is C28H29Cl2N3O6S. The van der Waals surface area contributed by atoms with Gasteiger partial charge in [0, 0.05) is 41.2 Å². The molecule has 3 aromatic carbocycles. The monoisotopic (exact) mass is 605 g/mol. The average molecular weight is 607 g/mol. The van der Waals surface area contributed by atoms with Gasteiger partial charge in [0.1, 0.15) is 12.6 Å². The molecule has 1 aliphatic heterocycles. The van der Waals surface area contributed by atoms with Crippen LogP contribution in [0, 0.1) is 0 Å². The first-order chi connectivity index (χ1) is 19.1. The highest BCUT2D eigenvalue weighted by Gasteiger charge is 2.34. The summed E-state index contributed by atoms with van der Waals surface area (Å²) >= 11 is 12.9. The van der Waals surface area contributed by atoms with Gasteiger partial charge in [-0.2, -0.15) is 0 Å². The third-order valence-electron chi connectivity index (χ3n) is 6.34. The van der Waals surface area contributed by atoms with Gasteiger partial charge >= 0.3 is 0 Å². The number of hydrogen-bond donors (Lipinski definition) is 1. The number of carbonyl (C=O) groups excluding carboxylic acids is 2. The number of benzene rings is 3. The Labute approximate surface area is 243 Å².